The van der Waals surface area contributed by atoms with E-state index in [2.05, 4.69) is 22.1 Å². The molecule has 1 aliphatic heterocycles. The molecule has 2 heterocycles. The number of aryl methyl sites for hydroxylation is 1. The van der Waals surface area contributed by atoms with Gasteiger partial charge in [0.15, 0.2) is 0 Å². The van der Waals surface area contributed by atoms with E-state index in [0.29, 0.717) is 6.54 Å². The average molecular weight is 289 g/mol. The molecule has 1 amide bonds. The topological polar surface area (TPSA) is 45.2 Å². The normalized spacial score (nSPS) is 18.0. The van der Waals surface area contributed by atoms with Gasteiger partial charge in [-0.15, -0.1) is 0 Å². The standard InChI is InChI=1S/C17H27N3O/c1-3-15(16-9-8-14(2)12-18-16)19-17(21)13-20-10-6-4-5-7-11-20/h8-9,12,15H,3-7,10-11,13H2,1-2H3,(H,19,21)/t15-/m1/s1. The molecule has 0 saturated carbocycles. The summed E-state index contributed by atoms with van der Waals surface area (Å²) in [6, 6.07) is 4.08. The highest BCUT2D eigenvalue weighted by molar-refractivity contribution is 5.78. The molecule has 0 aromatic carbocycles. The van der Waals surface area contributed by atoms with E-state index in [-0.39, 0.29) is 11.9 Å². The van der Waals surface area contributed by atoms with Gasteiger partial charge in [-0.1, -0.05) is 25.8 Å². The first-order valence-corrected chi connectivity index (χ1v) is 8.13. The smallest absolute Gasteiger partial charge is 0.234 e. The summed E-state index contributed by atoms with van der Waals surface area (Å²) in [7, 11) is 0. The highest BCUT2D eigenvalue weighted by Crippen LogP contribution is 2.15. The van der Waals surface area contributed by atoms with Crippen LogP contribution in [0.15, 0.2) is 18.3 Å². The molecule has 1 atom stereocenters. The van der Waals surface area contributed by atoms with Gasteiger partial charge >= 0.3 is 0 Å². The van der Waals surface area contributed by atoms with Gasteiger partial charge in [0.25, 0.3) is 0 Å². The minimum Gasteiger partial charge on any atom is -0.347 e. The van der Waals surface area contributed by atoms with E-state index in [4.69, 9.17) is 0 Å². The molecule has 2 rings (SSSR count). The first-order chi connectivity index (χ1) is 10.2. The maximum absolute atomic E-state index is 12.3. The molecular weight excluding hydrogens is 262 g/mol. The predicted molar refractivity (Wildman–Crippen MR) is 85.1 cm³/mol. The molecule has 0 spiro atoms. The van der Waals surface area contributed by atoms with Crippen molar-refractivity contribution in [3.05, 3.63) is 29.6 Å². The van der Waals surface area contributed by atoms with E-state index in [1.54, 1.807) is 0 Å². The number of aromatic nitrogens is 1. The molecule has 1 saturated heterocycles. The second-order valence-electron chi connectivity index (χ2n) is 5.98. The number of nitrogens with zero attached hydrogens (tertiary/aromatic N) is 2. The highest BCUT2D eigenvalue weighted by Gasteiger charge is 2.17. The molecular formula is C17H27N3O. The Morgan fingerprint density at radius 1 is 1.29 bits per heavy atom. The Morgan fingerprint density at radius 3 is 2.57 bits per heavy atom. The molecule has 1 aromatic rings. The van der Waals surface area contributed by atoms with Gasteiger partial charge in [0.1, 0.15) is 0 Å². The molecule has 1 fully saturated rings. The quantitative estimate of drug-likeness (QED) is 0.906. The number of pyridine rings is 1. The van der Waals surface area contributed by atoms with Crippen LogP contribution >= 0.6 is 0 Å². The van der Waals surface area contributed by atoms with Crippen molar-refractivity contribution in [2.75, 3.05) is 19.6 Å². The van der Waals surface area contributed by atoms with Crippen LogP contribution in [0.5, 0.6) is 0 Å². The number of amides is 1. The van der Waals surface area contributed by atoms with E-state index < -0.39 is 0 Å². The van der Waals surface area contributed by atoms with Crippen molar-refractivity contribution >= 4 is 5.91 Å². The fraction of sp³-hybridized carbons (Fsp3) is 0.647. The SMILES string of the molecule is CC[C@@H](NC(=O)CN1CCCCCC1)c1ccc(C)cn1. The van der Waals surface area contributed by atoms with Crippen LogP contribution in [-0.2, 0) is 4.79 Å². The summed E-state index contributed by atoms with van der Waals surface area (Å²) in [6.07, 6.45) is 7.74. The molecule has 0 unspecified atom stereocenters. The van der Waals surface area contributed by atoms with Gasteiger partial charge in [-0.2, -0.15) is 0 Å². The fourth-order valence-electron chi connectivity index (χ4n) is 2.81. The summed E-state index contributed by atoms with van der Waals surface area (Å²) in [5, 5.41) is 3.13. The van der Waals surface area contributed by atoms with Crippen LogP contribution in [0.4, 0.5) is 0 Å². The van der Waals surface area contributed by atoms with Crippen LogP contribution in [-0.4, -0.2) is 35.4 Å². The number of carbonyl (C=O) groups is 1. The molecule has 0 bridgehead atoms. The number of likely N-dealkylation sites (tertiary alicyclic amines) is 1. The predicted octanol–water partition coefficient (Wildman–Crippen LogP) is 2.83. The van der Waals surface area contributed by atoms with Crippen LogP contribution in [0, 0.1) is 6.92 Å². The summed E-state index contributed by atoms with van der Waals surface area (Å²) < 4.78 is 0. The molecule has 21 heavy (non-hydrogen) atoms. The Hall–Kier alpha value is -1.42. The number of rotatable bonds is 5. The maximum atomic E-state index is 12.3. The van der Waals surface area contributed by atoms with Crippen molar-refractivity contribution in [2.24, 2.45) is 0 Å². The third-order valence-electron chi connectivity index (χ3n) is 4.10. The second-order valence-corrected chi connectivity index (χ2v) is 5.98. The average Bonchev–Trinajstić information content (AvgIpc) is 2.74. The Labute approximate surface area is 127 Å². The molecule has 116 valence electrons. The van der Waals surface area contributed by atoms with Crippen molar-refractivity contribution in [1.82, 2.24) is 15.2 Å². The molecule has 1 N–H and O–H groups in total. The van der Waals surface area contributed by atoms with Gasteiger partial charge < -0.3 is 5.32 Å². The zero-order chi connectivity index (χ0) is 15.1. The lowest BCUT2D eigenvalue weighted by atomic mass is 10.1. The Bertz CT molecular complexity index is 436. The van der Waals surface area contributed by atoms with Crippen LogP contribution in [0.1, 0.15) is 56.3 Å². The Kier molecular flexibility index (Phi) is 6.18. The number of nitrogens with one attached hydrogen (secondary N) is 1. The van der Waals surface area contributed by atoms with E-state index in [9.17, 15) is 4.79 Å². The van der Waals surface area contributed by atoms with Gasteiger partial charge in [-0.25, -0.2) is 0 Å². The minimum absolute atomic E-state index is 0.0186. The first kappa shape index (κ1) is 16.0. The van der Waals surface area contributed by atoms with Crippen LogP contribution in [0.3, 0.4) is 0 Å². The van der Waals surface area contributed by atoms with E-state index in [1.165, 1.54) is 25.7 Å². The summed E-state index contributed by atoms with van der Waals surface area (Å²) in [4.78, 5) is 19.0. The Morgan fingerprint density at radius 2 is 2.00 bits per heavy atom. The van der Waals surface area contributed by atoms with Gasteiger partial charge in [-0.3, -0.25) is 14.7 Å². The monoisotopic (exact) mass is 289 g/mol. The number of carbonyl (C=O) groups excluding carboxylic acids is 1. The van der Waals surface area contributed by atoms with Gasteiger partial charge in [0.2, 0.25) is 5.91 Å². The molecule has 4 nitrogen and oxygen atoms in total. The van der Waals surface area contributed by atoms with Crippen molar-refractivity contribution in [1.29, 1.82) is 0 Å². The van der Waals surface area contributed by atoms with Gasteiger partial charge in [0.05, 0.1) is 18.3 Å². The van der Waals surface area contributed by atoms with Crippen LogP contribution < -0.4 is 5.32 Å². The molecule has 1 aliphatic rings. The van der Waals surface area contributed by atoms with Crippen LogP contribution in [0.25, 0.3) is 0 Å². The Balaban J connectivity index is 1.88. The minimum atomic E-state index is 0.0186. The van der Waals surface area contributed by atoms with E-state index in [1.807, 2.05) is 25.3 Å². The number of hydrogen-bond donors (Lipinski definition) is 1. The van der Waals surface area contributed by atoms with Gasteiger partial charge in [-0.05, 0) is 50.9 Å². The zero-order valence-electron chi connectivity index (χ0n) is 13.3. The molecule has 0 radical (unpaired) electrons. The lowest BCUT2D eigenvalue weighted by Crippen LogP contribution is -2.39. The molecule has 1 aromatic heterocycles. The van der Waals surface area contributed by atoms with E-state index in [0.717, 1.165) is 30.8 Å². The number of hydrogen-bond acceptors (Lipinski definition) is 3. The van der Waals surface area contributed by atoms with Crippen molar-refractivity contribution < 1.29 is 4.79 Å². The summed E-state index contributed by atoms with van der Waals surface area (Å²) >= 11 is 0. The van der Waals surface area contributed by atoms with Crippen molar-refractivity contribution in [2.45, 2.75) is 52.0 Å². The molecule has 4 heteroatoms. The lowest BCUT2D eigenvalue weighted by Gasteiger charge is -2.22. The summed E-state index contributed by atoms with van der Waals surface area (Å²) in [5.41, 5.74) is 2.09. The van der Waals surface area contributed by atoms with Gasteiger partial charge in [0, 0.05) is 6.20 Å². The maximum Gasteiger partial charge on any atom is 0.234 e. The first-order valence-electron chi connectivity index (χ1n) is 8.13. The highest BCUT2D eigenvalue weighted by atomic mass is 16.2. The molecule has 0 aliphatic carbocycles. The lowest BCUT2D eigenvalue weighted by molar-refractivity contribution is -0.123. The summed E-state index contributed by atoms with van der Waals surface area (Å²) in [5.74, 6) is 0.117. The summed E-state index contributed by atoms with van der Waals surface area (Å²) in [6.45, 7) is 6.72. The largest absolute Gasteiger partial charge is 0.347 e. The third kappa shape index (κ3) is 5.12. The fourth-order valence-corrected chi connectivity index (χ4v) is 2.81. The van der Waals surface area contributed by atoms with Crippen molar-refractivity contribution in [3.63, 3.8) is 0 Å². The second kappa shape index (κ2) is 8.13. The van der Waals surface area contributed by atoms with Crippen molar-refractivity contribution in [3.8, 4) is 0 Å². The van der Waals surface area contributed by atoms with E-state index >= 15 is 0 Å². The van der Waals surface area contributed by atoms with Crippen LogP contribution in [0.2, 0.25) is 0 Å². The third-order valence-corrected chi connectivity index (χ3v) is 4.10. The zero-order valence-corrected chi connectivity index (χ0v) is 13.3.